The third kappa shape index (κ3) is 2.70. The van der Waals surface area contributed by atoms with Gasteiger partial charge in [0.1, 0.15) is 0 Å². The number of ether oxygens (including phenoxy) is 1. The predicted molar refractivity (Wildman–Crippen MR) is 102 cm³/mol. The molecule has 0 radical (unpaired) electrons. The predicted octanol–water partition coefficient (Wildman–Crippen LogP) is 2.51. The normalized spacial score (nSPS) is 25.5. The van der Waals surface area contributed by atoms with Crippen LogP contribution in [0.25, 0.3) is 10.9 Å². The maximum absolute atomic E-state index is 12.6. The molecule has 1 aliphatic carbocycles. The number of H-pyrrole nitrogens is 1. The van der Waals surface area contributed by atoms with Crippen molar-refractivity contribution >= 4 is 10.9 Å². The zero-order valence-electron chi connectivity index (χ0n) is 15.8. The number of methoxy groups -OCH3 is 1. The minimum atomic E-state index is -0.235. The number of aromatic amines is 1. The average molecular weight is 356 g/mol. The highest BCUT2D eigenvalue weighted by Crippen LogP contribution is 2.50. The van der Waals surface area contributed by atoms with Gasteiger partial charge in [0.15, 0.2) is 5.43 Å². The lowest BCUT2D eigenvalue weighted by atomic mass is 9.58. The van der Waals surface area contributed by atoms with Gasteiger partial charge in [-0.25, -0.2) is 0 Å². The number of benzene rings is 1. The number of pyridine rings is 1. The number of rotatable bonds is 3. The zero-order valence-corrected chi connectivity index (χ0v) is 15.8. The molecule has 0 unspecified atom stereocenters. The molecule has 1 aromatic carbocycles. The first-order chi connectivity index (χ1) is 12.4. The first-order valence-electron chi connectivity index (χ1n) is 9.50. The fraction of sp³-hybridized carbons (Fsp3) is 0.571. The Labute approximate surface area is 154 Å². The smallest absolute Gasteiger partial charge is 0.189 e. The van der Waals surface area contributed by atoms with Crippen LogP contribution < -0.4 is 5.43 Å². The monoisotopic (exact) mass is 356 g/mol. The zero-order chi connectivity index (χ0) is 18.5. The molecule has 1 aromatic heterocycles. The van der Waals surface area contributed by atoms with Crippen molar-refractivity contribution in [2.75, 3.05) is 20.2 Å². The molecule has 2 aliphatic rings. The number of likely N-dealkylation sites (tertiary alicyclic amines) is 1. The molecule has 1 saturated heterocycles. The molecule has 0 amide bonds. The van der Waals surface area contributed by atoms with Crippen LogP contribution in [0.5, 0.6) is 0 Å². The van der Waals surface area contributed by atoms with Crippen LogP contribution >= 0.6 is 0 Å². The number of nitrogens with zero attached hydrogens (tertiary/aromatic N) is 1. The highest BCUT2D eigenvalue weighted by molar-refractivity contribution is 5.84. The molecule has 4 rings (SSSR count). The molecule has 140 valence electrons. The molecule has 1 spiro atoms. The average Bonchev–Trinajstić information content (AvgIpc) is 2.63. The molecule has 5 heteroatoms. The summed E-state index contributed by atoms with van der Waals surface area (Å²) in [6.07, 6.45) is 2.60. The Morgan fingerprint density at radius 3 is 2.62 bits per heavy atom. The van der Waals surface area contributed by atoms with Crippen molar-refractivity contribution < 1.29 is 9.84 Å². The number of piperidine rings is 1. The maximum Gasteiger partial charge on any atom is 0.189 e. The van der Waals surface area contributed by atoms with E-state index in [-0.39, 0.29) is 23.1 Å². The van der Waals surface area contributed by atoms with E-state index in [9.17, 15) is 9.90 Å². The lowest BCUT2D eigenvalue weighted by molar-refractivity contribution is -0.201. The lowest BCUT2D eigenvalue weighted by Gasteiger charge is -2.56. The van der Waals surface area contributed by atoms with E-state index < -0.39 is 0 Å². The minimum absolute atomic E-state index is 0.0598. The van der Waals surface area contributed by atoms with Crippen molar-refractivity contribution in [3.63, 3.8) is 0 Å². The van der Waals surface area contributed by atoms with Gasteiger partial charge in [0.2, 0.25) is 0 Å². The highest BCUT2D eigenvalue weighted by atomic mass is 16.5. The van der Waals surface area contributed by atoms with Crippen molar-refractivity contribution in [3.05, 3.63) is 45.2 Å². The number of hydrogen-bond acceptors (Lipinski definition) is 4. The lowest BCUT2D eigenvalue weighted by Crippen LogP contribution is -2.61. The Balaban J connectivity index is 1.52. The molecule has 1 saturated carbocycles. The summed E-state index contributed by atoms with van der Waals surface area (Å²) >= 11 is 0. The molecule has 2 atom stereocenters. The van der Waals surface area contributed by atoms with Gasteiger partial charge in [0.25, 0.3) is 0 Å². The van der Waals surface area contributed by atoms with Crippen LogP contribution in [0.15, 0.2) is 23.0 Å². The summed E-state index contributed by atoms with van der Waals surface area (Å²) in [4.78, 5) is 18.5. The second-order valence-corrected chi connectivity index (χ2v) is 8.09. The first kappa shape index (κ1) is 17.7. The SMILES string of the molecule is CO[C@H]1C[C@@H](O)C12CCN(Cc1cc(=O)c3c(C)ccc(C)c3[nH]1)CC2. The first-order valence-corrected chi connectivity index (χ1v) is 9.50. The van der Waals surface area contributed by atoms with Gasteiger partial charge in [-0.05, 0) is 50.9 Å². The molecule has 2 heterocycles. The molecule has 2 aromatic rings. The Bertz CT molecular complexity index is 881. The van der Waals surface area contributed by atoms with E-state index in [1.807, 2.05) is 19.9 Å². The highest BCUT2D eigenvalue weighted by Gasteiger charge is 2.55. The van der Waals surface area contributed by atoms with Crippen LogP contribution in [0.2, 0.25) is 0 Å². The molecular weight excluding hydrogens is 328 g/mol. The Morgan fingerprint density at radius 1 is 1.27 bits per heavy atom. The molecule has 0 bridgehead atoms. The summed E-state index contributed by atoms with van der Waals surface area (Å²) in [6, 6.07) is 5.81. The van der Waals surface area contributed by atoms with Crippen molar-refractivity contribution in [3.8, 4) is 0 Å². The van der Waals surface area contributed by atoms with Crippen molar-refractivity contribution in [2.45, 2.75) is 51.9 Å². The standard InChI is InChI=1S/C21H28N2O3/c1-13-4-5-14(2)20-19(13)16(24)10-15(22-20)12-23-8-6-21(7-9-23)17(25)11-18(21)26-3/h4-5,10,17-18,25H,6-9,11-12H2,1-3H3,(H,22,24)/t17-,18+/m1/s1. The second kappa shape index (κ2) is 6.48. The van der Waals surface area contributed by atoms with Crippen LogP contribution in [-0.4, -0.2) is 47.4 Å². The van der Waals surface area contributed by atoms with E-state index in [4.69, 9.17) is 4.74 Å². The fourth-order valence-corrected chi connectivity index (χ4v) is 4.88. The van der Waals surface area contributed by atoms with Crippen molar-refractivity contribution in [1.82, 2.24) is 9.88 Å². The number of hydrogen-bond donors (Lipinski definition) is 2. The molecule has 2 N–H and O–H groups in total. The van der Waals surface area contributed by atoms with E-state index in [1.165, 1.54) is 0 Å². The van der Waals surface area contributed by atoms with Gasteiger partial charge >= 0.3 is 0 Å². The Kier molecular flexibility index (Phi) is 4.41. The van der Waals surface area contributed by atoms with E-state index in [1.54, 1.807) is 13.2 Å². The topological polar surface area (TPSA) is 65.6 Å². The summed E-state index contributed by atoms with van der Waals surface area (Å²) in [5.41, 5.74) is 4.07. The summed E-state index contributed by atoms with van der Waals surface area (Å²) in [7, 11) is 1.74. The number of aromatic nitrogens is 1. The summed E-state index contributed by atoms with van der Waals surface area (Å²) in [5.74, 6) is 0. The minimum Gasteiger partial charge on any atom is -0.392 e. The Morgan fingerprint density at radius 2 is 1.96 bits per heavy atom. The van der Waals surface area contributed by atoms with Crippen LogP contribution in [-0.2, 0) is 11.3 Å². The molecule has 1 aliphatic heterocycles. The molecular formula is C21H28N2O3. The van der Waals surface area contributed by atoms with Crippen molar-refractivity contribution in [2.24, 2.45) is 5.41 Å². The maximum atomic E-state index is 12.6. The Hall–Kier alpha value is -1.69. The van der Waals surface area contributed by atoms with Gasteiger partial charge in [-0.2, -0.15) is 0 Å². The summed E-state index contributed by atoms with van der Waals surface area (Å²) in [6.45, 7) is 6.60. The van der Waals surface area contributed by atoms with Crippen LogP contribution in [0.4, 0.5) is 0 Å². The van der Waals surface area contributed by atoms with E-state index >= 15 is 0 Å². The fourth-order valence-electron chi connectivity index (χ4n) is 4.88. The largest absolute Gasteiger partial charge is 0.392 e. The number of nitrogens with one attached hydrogen (secondary N) is 1. The van der Waals surface area contributed by atoms with Crippen LogP contribution in [0, 0.1) is 19.3 Å². The third-order valence-electron chi connectivity index (χ3n) is 6.67. The number of aliphatic hydroxyl groups excluding tert-OH is 1. The van der Waals surface area contributed by atoms with Gasteiger partial charge in [0.05, 0.1) is 17.7 Å². The molecule has 5 nitrogen and oxygen atoms in total. The number of aryl methyl sites for hydroxylation is 2. The van der Waals surface area contributed by atoms with E-state index in [2.05, 4.69) is 16.0 Å². The number of aliphatic hydroxyl groups is 1. The van der Waals surface area contributed by atoms with Gasteiger partial charge in [-0.1, -0.05) is 12.1 Å². The van der Waals surface area contributed by atoms with Crippen LogP contribution in [0.3, 0.4) is 0 Å². The van der Waals surface area contributed by atoms with Gasteiger partial charge < -0.3 is 14.8 Å². The second-order valence-electron chi connectivity index (χ2n) is 8.09. The van der Waals surface area contributed by atoms with Gasteiger partial charge in [0, 0.05) is 42.6 Å². The molecule has 26 heavy (non-hydrogen) atoms. The van der Waals surface area contributed by atoms with E-state index in [0.29, 0.717) is 0 Å². The molecule has 2 fully saturated rings. The summed E-state index contributed by atoms with van der Waals surface area (Å²) in [5, 5.41) is 11.1. The van der Waals surface area contributed by atoms with Gasteiger partial charge in [-0.15, -0.1) is 0 Å². The third-order valence-corrected chi connectivity index (χ3v) is 6.67. The number of fused-ring (bicyclic) bond motifs is 1. The quantitative estimate of drug-likeness (QED) is 0.887. The van der Waals surface area contributed by atoms with Gasteiger partial charge in [-0.3, -0.25) is 9.69 Å². The van der Waals surface area contributed by atoms with Crippen molar-refractivity contribution in [1.29, 1.82) is 0 Å². The van der Waals surface area contributed by atoms with Crippen LogP contribution in [0.1, 0.15) is 36.1 Å². The van der Waals surface area contributed by atoms with E-state index in [0.717, 1.165) is 66.6 Å². The summed E-state index contributed by atoms with van der Waals surface area (Å²) < 4.78 is 5.57.